The van der Waals surface area contributed by atoms with E-state index in [9.17, 15) is 9.90 Å². The Balaban J connectivity index is 1.90. The number of nitrogens with zero attached hydrogens (tertiary/aromatic N) is 2. The fourth-order valence-electron chi connectivity index (χ4n) is 3.26. The Bertz CT molecular complexity index is 879. The van der Waals surface area contributed by atoms with E-state index in [0.29, 0.717) is 22.3 Å². The van der Waals surface area contributed by atoms with Crippen LogP contribution in [0.2, 0.25) is 0 Å². The summed E-state index contributed by atoms with van der Waals surface area (Å²) in [7, 11) is 1.39. The number of esters is 1. The molecule has 0 saturated heterocycles. The molecule has 0 fully saturated rings. The molecule has 1 aromatic heterocycles. The quantitative estimate of drug-likeness (QED) is 0.562. The number of hydrogen-bond acceptors (Lipinski definition) is 6. The van der Waals surface area contributed by atoms with Gasteiger partial charge in [-0.2, -0.15) is 0 Å². The molecule has 1 unspecified atom stereocenters. The zero-order valence-corrected chi connectivity index (χ0v) is 18.1. The number of carbonyl (C=O) groups excluding carboxylic acids is 1. The maximum absolute atomic E-state index is 12.1. The number of aromatic nitrogens is 1. The summed E-state index contributed by atoms with van der Waals surface area (Å²) in [5.41, 5.74) is 2.61. The highest BCUT2D eigenvalue weighted by Crippen LogP contribution is 2.31. The maximum Gasteiger partial charge on any atom is 0.338 e. The normalized spacial score (nSPS) is 15.1. The Morgan fingerprint density at radius 2 is 2.04 bits per heavy atom. The molecule has 2 heterocycles. The summed E-state index contributed by atoms with van der Waals surface area (Å²) in [5.74, 6) is 0.386. The van der Waals surface area contributed by atoms with Crippen LogP contribution in [-0.4, -0.2) is 35.3 Å². The van der Waals surface area contributed by atoms with Gasteiger partial charge in [-0.15, -0.1) is 0 Å². The van der Waals surface area contributed by atoms with Gasteiger partial charge in [0.05, 0.1) is 18.3 Å². The Morgan fingerprint density at radius 3 is 2.71 bits per heavy atom. The van der Waals surface area contributed by atoms with Crippen molar-refractivity contribution in [2.24, 2.45) is 0 Å². The van der Waals surface area contributed by atoms with Gasteiger partial charge in [-0.3, -0.25) is 0 Å². The fraction of sp³-hybridized carbons (Fsp3) is 0.429. The van der Waals surface area contributed by atoms with Crippen molar-refractivity contribution in [3.63, 3.8) is 0 Å². The van der Waals surface area contributed by atoms with Crippen LogP contribution in [-0.2, 0) is 22.4 Å². The molecule has 1 aromatic carbocycles. The van der Waals surface area contributed by atoms with Crippen LogP contribution in [0, 0.1) is 0 Å². The second-order valence-electron chi connectivity index (χ2n) is 7.73. The highest BCUT2D eigenvalue weighted by molar-refractivity contribution is 9.10. The molecule has 0 spiro atoms. The minimum Gasteiger partial charge on any atom is -0.465 e. The summed E-state index contributed by atoms with van der Waals surface area (Å²) in [4.78, 5) is 18.9. The lowest BCUT2D eigenvalue weighted by molar-refractivity contribution is -0.172. The van der Waals surface area contributed by atoms with Gasteiger partial charge in [0.1, 0.15) is 11.5 Å². The molecule has 0 bridgehead atoms. The molecule has 1 N–H and O–H groups in total. The number of fused-ring (bicyclic) bond motifs is 1. The van der Waals surface area contributed by atoms with Crippen molar-refractivity contribution in [2.75, 3.05) is 18.6 Å². The van der Waals surface area contributed by atoms with E-state index in [4.69, 9.17) is 9.47 Å². The highest BCUT2D eigenvalue weighted by atomic mass is 79.9. The average molecular weight is 449 g/mol. The van der Waals surface area contributed by atoms with E-state index < -0.39 is 11.9 Å². The SMILES string of the molecule is COC(=O)c1cccc2c1CN(c1ccc(Br)c(C(O)OC(C)(C)C)n1)CC2. The molecule has 1 aliphatic rings. The summed E-state index contributed by atoms with van der Waals surface area (Å²) in [6.07, 6.45) is -0.342. The number of aliphatic hydroxyl groups excluding tert-OH is 1. The zero-order chi connectivity index (χ0) is 20.5. The molecular weight excluding hydrogens is 424 g/mol. The van der Waals surface area contributed by atoms with E-state index in [1.807, 2.05) is 45.0 Å². The number of hydrogen-bond donors (Lipinski definition) is 1. The number of anilines is 1. The van der Waals surface area contributed by atoms with Crippen LogP contribution in [0.1, 0.15) is 54.2 Å². The second-order valence-corrected chi connectivity index (χ2v) is 8.58. The van der Waals surface area contributed by atoms with Crippen LogP contribution >= 0.6 is 15.9 Å². The Labute approximate surface area is 173 Å². The van der Waals surface area contributed by atoms with E-state index in [0.717, 1.165) is 29.9 Å². The first-order valence-electron chi connectivity index (χ1n) is 9.16. The summed E-state index contributed by atoms with van der Waals surface area (Å²) < 4.78 is 11.3. The largest absolute Gasteiger partial charge is 0.465 e. The summed E-state index contributed by atoms with van der Waals surface area (Å²) in [5, 5.41) is 10.5. The van der Waals surface area contributed by atoms with Crippen molar-refractivity contribution in [1.82, 2.24) is 4.98 Å². The molecule has 0 amide bonds. The van der Waals surface area contributed by atoms with Gasteiger partial charge in [0.25, 0.3) is 0 Å². The lowest BCUT2D eigenvalue weighted by Gasteiger charge is -2.31. The van der Waals surface area contributed by atoms with Gasteiger partial charge in [-0.1, -0.05) is 12.1 Å². The molecule has 6 nitrogen and oxygen atoms in total. The lowest BCUT2D eigenvalue weighted by atomic mass is 9.95. The molecule has 1 atom stereocenters. The number of rotatable bonds is 4. The second kappa shape index (κ2) is 8.19. The first-order valence-corrected chi connectivity index (χ1v) is 9.95. The highest BCUT2D eigenvalue weighted by Gasteiger charge is 2.25. The first kappa shape index (κ1) is 20.8. The summed E-state index contributed by atoms with van der Waals surface area (Å²) in [6.45, 7) is 6.95. The number of pyridine rings is 1. The molecule has 28 heavy (non-hydrogen) atoms. The molecule has 1 aliphatic heterocycles. The van der Waals surface area contributed by atoms with E-state index in [1.54, 1.807) is 6.07 Å². The third kappa shape index (κ3) is 4.54. The van der Waals surface area contributed by atoms with Crippen LogP contribution in [0.15, 0.2) is 34.8 Å². The average Bonchev–Trinajstić information content (AvgIpc) is 2.65. The summed E-state index contributed by atoms with van der Waals surface area (Å²) >= 11 is 3.45. The van der Waals surface area contributed by atoms with Crippen LogP contribution in [0.5, 0.6) is 0 Å². The molecule has 150 valence electrons. The van der Waals surface area contributed by atoms with Crippen molar-refractivity contribution in [3.05, 3.63) is 57.2 Å². The van der Waals surface area contributed by atoms with Crippen molar-refractivity contribution in [3.8, 4) is 0 Å². The number of ether oxygens (including phenoxy) is 2. The fourth-order valence-corrected chi connectivity index (χ4v) is 3.68. The zero-order valence-electron chi connectivity index (χ0n) is 16.5. The molecule has 0 radical (unpaired) electrons. The molecule has 2 aromatic rings. The monoisotopic (exact) mass is 448 g/mol. The Kier molecular flexibility index (Phi) is 6.07. The first-order chi connectivity index (χ1) is 13.2. The van der Waals surface area contributed by atoms with Crippen molar-refractivity contribution in [2.45, 2.75) is 45.6 Å². The summed E-state index contributed by atoms with van der Waals surface area (Å²) in [6, 6.07) is 9.46. The number of benzene rings is 1. The molecule has 0 aliphatic carbocycles. The Hall–Kier alpha value is -1.96. The van der Waals surface area contributed by atoms with Gasteiger partial charge < -0.3 is 19.5 Å². The third-order valence-corrected chi connectivity index (χ3v) is 5.23. The predicted molar refractivity (Wildman–Crippen MR) is 110 cm³/mol. The van der Waals surface area contributed by atoms with Gasteiger partial charge >= 0.3 is 5.97 Å². The van der Waals surface area contributed by atoms with Crippen LogP contribution in [0.25, 0.3) is 0 Å². The maximum atomic E-state index is 12.1. The van der Waals surface area contributed by atoms with E-state index in [1.165, 1.54) is 7.11 Å². The van der Waals surface area contributed by atoms with E-state index >= 15 is 0 Å². The van der Waals surface area contributed by atoms with Gasteiger partial charge in [-0.25, -0.2) is 9.78 Å². The van der Waals surface area contributed by atoms with Gasteiger partial charge in [-0.05, 0) is 72.4 Å². The number of halogens is 1. The minimum atomic E-state index is -1.14. The van der Waals surface area contributed by atoms with E-state index in [2.05, 4.69) is 25.8 Å². The standard InChI is InChI=1S/C21H25BrN2O4/c1-21(2,3)28-20(26)18-16(22)8-9-17(23-18)24-11-10-13-6-5-7-14(15(13)12-24)19(25)27-4/h5-9,20,26H,10-12H2,1-4H3. The molecular formula is C21H25BrN2O4. The van der Waals surface area contributed by atoms with Crippen molar-refractivity contribution < 1.29 is 19.4 Å². The number of carbonyl (C=O) groups is 1. The molecule has 7 heteroatoms. The third-order valence-electron chi connectivity index (χ3n) is 4.56. The van der Waals surface area contributed by atoms with Crippen LogP contribution in [0.3, 0.4) is 0 Å². The van der Waals surface area contributed by atoms with Crippen molar-refractivity contribution in [1.29, 1.82) is 0 Å². The van der Waals surface area contributed by atoms with Gasteiger partial charge in [0.15, 0.2) is 6.29 Å². The van der Waals surface area contributed by atoms with Gasteiger partial charge in [0.2, 0.25) is 0 Å². The number of methoxy groups -OCH3 is 1. The number of aliphatic hydroxyl groups is 1. The Morgan fingerprint density at radius 1 is 1.29 bits per heavy atom. The topological polar surface area (TPSA) is 71.9 Å². The molecule has 0 saturated carbocycles. The minimum absolute atomic E-state index is 0.336. The molecule has 3 rings (SSSR count). The van der Waals surface area contributed by atoms with Gasteiger partial charge in [0, 0.05) is 17.6 Å². The lowest BCUT2D eigenvalue weighted by Crippen LogP contribution is -2.33. The smallest absolute Gasteiger partial charge is 0.338 e. The van der Waals surface area contributed by atoms with Crippen molar-refractivity contribution >= 4 is 27.7 Å². The van der Waals surface area contributed by atoms with E-state index in [-0.39, 0.29) is 5.97 Å². The van der Waals surface area contributed by atoms with Crippen LogP contribution in [0.4, 0.5) is 5.82 Å². The van der Waals surface area contributed by atoms with Crippen LogP contribution < -0.4 is 4.90 Å². The predicted octanol–water partition coefficient (Wildman–Crippen LogP) is 4.00.